The Balaban J connectivity index is 1.97. The maximum atomic E-state index is 12.5. The van der Waals surface area contributed by atoms with Crippen molar-refractivity contribution in [3.63, 3.8) is 0 Å². The number of hydrogen-bond donors (Lipinski definition) is 1. The van der Waals surface area contributed by atoms with Crippen molar-refractivity contribution in [2.75, 3.05) is 20.2 Å². The molecule has 0 aromatic heterocycles. The zero-order valence-electron chi connectivity index (χ0n) is 12.9. The SMILES string of the molecule is COC(=O)[C@H](C)N1CCC[C@H](S(=O)(=O)NC2CCCC2)C1. The van der Waals surface area contributed by atoms with Crippen LogP contribution < -0.4 is 4.72 Å². The summed E-state index contributed by atoms with van der Waals surface area (Å²) in [5.74, 6) is -0.309. The number of likely N-dealkylation sites (tertiary alicyclic amines) is 1. The lowest BCUT2D eigenvalue weighted by Crippen LogP contribution is -2.52. The first-order chi connectivity index (χ1) is 9.94. The molecule has 6 nitrogen and oxygen atoms in total. The van der Waals surface area contributed by atoms with E-state index in [0.29, 0.717) is 13.0 Å². The number of nitrogens with one attached hydrogen (secondary N) is 1. The molecule has 1 aliphatic heterocycles. The molecule has 0 aromatic rings. The summed E-state index contributed by atoms with van der Waals surface area (Å²) in [5.41, 5.74) is 0. The van der Waals surface area contributed by atoms with Crippen molar-refractivity contribution in [1.29, 1.82) is 0 Å². The summed E-state index contributed by atoms with van der Waals surface area (Å²) in [4.78, 5) is 13.5. The van der Waals surface area contributed by atoms with Crippen molar-refractivity contribution in [3.05, 3.63) is 0 Å². The summed E-state index contributed by atoms with van der Waals surface area (Å²) < 4.78 is 32.6. The van der Waals surface area contributed by atoms with Crippen LogP contribution in [0.1, 0.15) is 45.4 Å². The van der Waals surface area contributed by atoms with Gasteiger partial charge in [0.2, 0.25) is 10.0 Å². The Bertz CT molecular complexity index is 460. The number of hydrogen-bond acceptors (Lipinski definition) is 5. The average Bonchev–Trinajstić information content (AvgIpc) is 2.98. The smallest absolute Gasteiger partial charge is 0.322 e. The second kappa shape index (κ2) is 7.07. The second-order valence-corrected chi connectivity index (χ2v) is 8.09. The molecule has 2 aliphatic rings. The van der Waals surface area contributed by atoms with Gasteiger partial charge in [-0.15, -0.1) is 0 Å². The number of piperidine rings is 1. The van der Waals surface area contributed by atoms with Crippen LogP contribution in [0.4, 0.5) is 0 Å². The fourth-order valence-electron chi connectivity index (χ4n) is 3.26. The van der Waals surface area contributed by atoms with Gasteiger partial charge < -0.3 is 4.74 Å². The Morgan fingerprint density at radius 2 is 1.90 bits per heavy atom. The van der Waals surface area contributed by atoms with Crippen LogP contribution in [0.3, 0.4) is 0 Å². The number of methoxy groups -OCH3 is 1. The summed E-state index contributed by atoms with van der Waals surface area (Å²) in [6.07, 6.45) is 5.53. The van der Waals surface area contributed by atoms with E-state index in [0.717, 1.165) is 38.6 Å². The van der Waals surface area contributed by atoms with Crippen molar-refractivity contribution in [2.24, 2.45) is 0 Å². The van der Waals surface area contributed by atoms with E-state index < -0.39 is 15.3 Å². The van der Waals surface area contributed by atoms with Crippen molar-refractivity contribution in [1.82, 2.24) is 9.62 Å². The molecule has 0 bridgehead atoms. The minimum atomic E-state index is -3.31. The van der Waals surface area contributed by atoms with Gasteiger partial charge >= 0.3 is 5.97 Å². The van der Waals surface area contributed by atoms with Crippen molar-refractivity contribution < 1.29 is 17.9 Å². The summed E-state index contributed by atoms with van der Waals surface area (Å²) in [7, 11) is -1.95. The molecule has 1 N–H and O–H groups in total. The average molecular weight is 318 g/mol. The van der Waals surface area contributed by atoms with Gasteiger partial charge in [0.15, 0.2) is 0 Å². The summed E-state index contributed by atoms with van der Waals surface area (Å²) in [6.45, 7) is 2.91. The number of esters is 1. The van der Waals surface area contributed by atoms with Crippen LogP contribution in [0, 0.1) is 0 Å². The van der Waals surface area contributed by atoms with E-state index in [4.69, 9.17) is 4.74 Å². The Morgan fingerprint density at radius 3 is 2.52 bits per heavy atom. The molecule has 1 aliphatic carbocycles. The molecule has 0 unspecified atom stereocenters. The zero-order valence-corrected chi connectivity index (χ0v) is 13.7. The highest BCUT2D eigenvalue weighted by atomic mass is 32.2. The number of rotatable bonds is 5. The minimum Gasteiger partial charge on any atom is -0.468 e. The first-order valence-electron chi connectivity index (χ1n) is 7.77. The molecule has 1 heterocycles. The Hall–Kier alpha value is -0.660. The van der Waals surface area contributed by atoms with Crippen molar-refractivity contribution in [3.8, 4) is 0 Å². The number of ether oxygens (including phenoxy) is 1. The highest BCUT2D eigenvalue weighted by Crippen LogP contribution is 2.23. The van der Waals surface area contributed by atoms with Crippen LogP contribution >= 0.6 is 0 Å². The predicted molar refractivity (Wildman–Crippen MR) is 80.4 cm³/mol. The molecular formula is C14H26N2O4S. The highest BCUT2D eigenvalue weighted by molar-refractivity contribution is 7.90. The summed E-state index contributed by atoms with van der Waals surface area (Å²) >= 11 is 0. The van der Waals surface area contributed by atoms with E-state index in [-0.39, 0.29) is 18.1 Å². The molecule has 21 heavy (non-hydrogen) atoms. The molecule has 0 spiro atoms. The van der Waals surface area contributed by atoms with Crippen LogP contribution in [0.25, 0.3) is 0 Å². The topological polar surface area (TPSA) is 75.7 Å². The predicted octanol–water partition coefficient (Wildman–Crippen LogP) is 0.874. The van der Waals surface area contributed by atoms with Gasteiger partial charge in [-0.2, -0.15) is 0 Å². The van der Waals surface area contributed by atoms with Crippen LogP contribution in [0.2, 0.25) is 0 Å². The normalized spacial score (nSPS) is 26.7. The van der Waals surface area contributed by atoms with Gasteiger partial charge in [0.05, 0.1) is 12.4 Å². The van der Waals surface area contributed by atoms with Crippen LogP contribution in [0.5, 0.6) is 0 Å². The monoisotopic (exact) mass is 318 g/mol. The Morgan fingerprint density at radius 1 is 1.24 bits per heavy atom. The number of carbonyl (C=O) groups excluding carboxylic acids is 1. The number of carbonyl (C=O) groups is 1. The standard InChI is InChI=1S/C14H26N2O4S/c1-11(14(17)20-2)16-9-5-8-13(10-16)21(18,19)15-12-6-3-4-7-12/h11-13,15H,3-10H2,1-2H3/t11-,13-/m0/s1. The van der Waals surface area contributed by atoms with E-state index in [1.807, 2.05) is 4.90 Å². The van der Waals surface area contributed by atoms with Gasteiger partial charge in [-0.05, 0) is 39.2 Å². The molecule has 1 saturated carbocycles. The van der Waals surface area contributed by atoms with Crippen LogP contribution in [0.15, 0.2) is 0 Å². The maximum Gasteiger partial charge on any atom is 0.322 e. The third kappa shape index (κ3) is 4.17. The number of nitrogens with zero attached hydrogens (tertiary/aromatic N) is 1. The molecule has 0 radical (unpaired) electrons. The largest absolute Gasteiger partial charge is 0.468 e. The van der Waals surface area contributed by atoms with E-state index in [2.05, 4.69) is 4.72 Å². The fraction of sp³-hybridized carbons (Fsp3) is 0.929. The van der Waals surface area contributed by atoms with Gasteiger partial charge in [0.25, 0.3) is 0 Å². The minimum absolute atomic E-state index is 0.100. The fourth-order valence-corrected chi connectivity index (χ4v) is 5.02. The van der Waals surface area contributed by atoms with Gasteiger partial charge in [-0.25, -0.2) is 13.1 Å². The van der Waals surface area contributed by atoms with Crippen molar-refractivity contribution in [2.45, 2.75) is 62.8 Å². The highest BCUT2D eigenvalue weighted by Gasteiger charge is 2.35. The summed E-state index contributed by atoms with van der Waals surface area (Å²) in [5, 5.41) is -0.432. The quantitative estimate of drug-likeness (QED) is 0.761. The lowest BCUT2D eigenvalue weighted by atomic mass is 10.1. The van der Waals surface area contributed by atoms with E-state index in [1.54, 1.807) is 6.92 Å². The molecule has 7 heteroatoms. The second-order valence-electron chi connectivity index (χ2n) is 6.10. The lowest BCUT2D eigenvalue weighted by molar-refractivity contribution is -0.146. The van der Waals surface area contributed by atoms with Crippen LogP contribution in [-0.4, -0.2) is 56.8 Å². The van der Waals surface area contributed by atoms with Gasteiger partial charge in [-0.3, -0.25) is 9.69 Å². The van der Waals surface area contributed by atoms with Gasteiger partial charge in [0.1, 0.15) is 6.04 Å². The third-order valence-corrected chi connectivity index (χ3v) is 6.55. The molecule has 0 aromatic carbocycles. The van der Waals surface area contributed by atoms with Crippen LogP contribution in [-0.2, 0) is 19.6 Å². The van der Waals surface area contributed by atoms with E-state index in [9.17, 15) is 13.2 Å². The molecule has 2 fully saturated rings. The molecule has 2 atom stereocenters. The maximum absolute atomic E-state index is 12.5. The molecular weight excluding hydrogens is 292 g/mol. The first-order valence-corrected chi connectivity index (χ1v) is 9.31. The van der Waals surface area contributed by atoms with Crippen molar-refractivity contribution >= 4 is 16.0 Å². The van der Waals surface area contributed by atoms with Gasteiger partial charge in [-0.1, -0.05) is 12.8 Å². The Labute approximate surface area is 127 Å². The van der Waals surface area contributed by atoms with E-state index in [1.165, 1.54) is 7.11 Å². The number of sulfonamides is 1. The lowest BCUT2D eigenvalue weighted by Gasteiger charge is -2.35. The van der Waals surface area contributed by atoms with E-state index >= 15 is 0 Å². The summed E-state index contributed by atoms with van der Waals surface area (Å²) in [6, 6.07) is -0.289. The van der Waals surface area contributed by atoms with Gasteiger partial charge in [0, 0.05) is 12.6 Å². The first kappa shape index (κ1) is 16.7. The zero-order chi connectivity index (χ0) is 15.5. The molecule has 2 rings (SSSR count). The Kier molecular flexibility index (Phi) is 5.62. The molecule has 0 amide bonds. The third-order valence-electron chi connectivity index (χ3n) is 4.62. The molecule has 1 saturated heterocycles. The molecule has 122 valence electrons.